The molecule has 0 aliphatic carbocycles. The highest BCUT2D eigenvalue weighted by atomic mass is 35.5. The Kier molecular flexibility index (Phi) is 4.53. The zero-order valence-corrected chi connectivity index (χ0v) is 11.0. The number of carbonyl (C=O) groups excluding carboxylic acids is 1. The van der Waals surface area contributed by atoms with Crippen LogP contribution in [0.1, 0.15) is 22.8 Å². The van der Waals surface area contributed by atoms with E-state index in [2.05, 4.69) is 6.07 Å². The maximum absolute atomic E-state index is 12.1. The van der Waals surface area contributed by atoms with E-state index in [1.54, 1.807) is 26.1 Å². The van der Waals surface area contributed by atoms with Gasteiger partial charge in [0.1, 0.15) is 0 Å². The molecule has 0 heterocycles. The molecule has 1 rings (SSSR count). The molecular weight excluding hydrogens is 236 g/mol. The SMILES string of the molecule is Cc1ccc(C(=O)N(C)CC(C)C#N)c(Cl)c1. The van der Waals surface area contributed by atoms with Crippen LogP contribution >= 0.6 is 11.6 Å². The smallest absolute Gasteiger partial charge is 0.255 e. The minimum absolute atomic E-state index is 0.155. The monoisotopic (exact) mass is 250 g/mol. The Morgan fingerprint density at radius 2 is 2.24 bits per heavy atom. The molecule has 0 bridgehead atoms. The van der Waals surface area contributed by atoms with Gasteiger partial charge in [-0.1, -0.05) is 17.7 Å². The van der Waals surface area contributed by atoms with Crippen molar-refractivity contribution in [1.82, 2.24) is 4.90 Å². The largest absolute Gasteiger partial charge is 0.340 e. The Morgan fingerprint density at radius 1 is 1.59 bits per heavy atom. The van der Waals surface area contributed by atoms with E-state index in [4.69, 9.17) is 16.9 Å². The van der Waals surface area contributed by atoms with Crippen LogP contribution in [0.4, 0.5) is 0 Å². The fourth-order valence-corrected chi connectivity index (χ4v) is 1.85. The van der Waals surface area contributed by atoms with Crippen LogP contribution in [0.2, 0.25) is 5.02 Å². The highest BCUT2D eigenvalue weighted by molar-refractivity contribution is 6.33. The van der Waals surface area contributed by atoms with Gasteiger partial charge in [-0.15, -0.1) is 0 Å². The van der Waals surface area contributed by atoms with E-state index in [1.807, 2.05) is 13.0 Å². The van der Waals surface area contributed by atoms with Crippen LogP contribution in [0, 0.1) is 24.2 Å². The first-order valence-electron chi connectivity index (χ1n) is 5.37. The van der Waals surface area contributed by atoms with Gasteiger partial charge in [0, 0.05) is 13.6 Å². The number of halogens is 1. The first kappa shape index (κ1) is 13.5. The molecule has 3 nitrogen and oxygen atoms in total. The van der Waals surface area contributed by atoms with Crippen molar-refractivity contribution in [3.63, 3.8) is 0 Å². The normalized spacial score (nSPS) is 11.7. The summed E-state index contributed by atoms with van der Waals surface area (Å²) in [6.07, 6.45) is 0. The minimum Gasteiger partial charge on any atom is -0.340 e. The molecule has 0 spiro atoms. The highest BCUT2D eigenvalue weighted by Gasteiger charge is 2.16. The van der Waals surface area contributed by atoms with E-state index < -0.39 is 0 Å². The van der Waals surface area contributed by atoms with Crippen molar-refractivity contribution in [2.75, 3.05) is 13.6 Å². The summed E-state index contributed by atoms with van der Waals surface area (Å²) in [5, 5.41) is 9.16. The molecule has 17 heavy (non-hydrogen) atoms. The van der Waals surface area contributed by atoms with Crippen LogP contribution in [0.25, 0.3) is 0 Å². The molecule has 1 atom stereocenters. The highest BCUT2D eigenvalue weighted by Crippen LogP contribution is 2.19. The number of amides is 1. The number of nitriles is 1. The van der Waals surface area contributed by atoms with Crippen molar-refractivity contribution in [2.45, 2.75) is 13.8 Å². The number of nitrogens with zero attached hydrogens (tertiary/aromatic N) is 2. The second kappa shape index (κ2) is 5.70. The molecule has 1 unspecified atom stereocenters. The van der Waals surface area contributed by atoms with E-state index in [-0.39, 0.29) is 11.8 Å². The summed E-state index contributed by atoms with van der Waals surface area (Å²) < 4.78 is 0. The molecule has 0 saturated heterocycles. The van der Waals surface area contributed by atoms with Crippen molar-refractivity contribution >= 4 is 17.5 Å². The molecular formula is C13H15ClN2O. The molecule has 0 saturated carbocycles. The van der Waals surface area contributed by atoms with Gasteiger partial charge >= 0.3 is 0 Å². The Balaban J connectivity index is 2.86. The third-order valence-corrected chi connectivity index (χ3v) is 2.78. The molecule has 90 valence electrons. The van der Waals surface area contributed by atoms with E-state index in [0.717, 1.165) is 5.56 Å². The fraction of sp³-hybridized carbons (Fsp3) is 0.385. The Bertz CT molecular complexity index is 465. The second-order valence-corrected chi connectivity index (χ2v) is 4.61. The van der Waals surface area contributed by atoms with Crippen LogP contribution in [0.5, 0.6) is 0 Å². The molecule has 0 aliphatic rings. The topological polar surface area (TPSA) is 44.1 Å². The van der Waals surface area contributed by atoms with E-state index in [0.29, 0.717) is 17.1 Å². The lowest BCUT2D eigenvalue weighted by Gasteiger charge is -2.19. The van der Waals surface area contributed by atoms with E-state index >= 15 is 0 Å². The Labute approximate surface area is 107 Å². The van der Waals surface area contributed by atoms with Gasteiger partial charge in [-0.05, 0) is 31.5 Å². The minimum atomic E-state index is -0.187. The molecule has 0 aliphatic heterocycles. The van der Waals surface area contributed by atoms with E-state index in [1.165, 1.54) is 4.90 Å². The summed E-state index contributed by atoms with van der Waals surface area (Å²) in [7, 11) is 1.67. The van der Waals surface area contributed by atoms with Gasteiger partial charge in [0.25, 0.3) is 5.91 Å². The van der Waals surface area contributed by atoms with Crippen LogP contribution in [0.3, 0.4) is 0 Å². The third kappa shape index (κ3) is 3.47. The lowest BCUT2D eigenvalue weighted by molar-refractivity contribution is 0.0785. The number of benzene rings is 1. The summed E-state index contributed by atoms with van der Waals surface area (Å²) in [5.74, 6) is -0.342. The van der Waals surface area contributed by atoms with Crippen molar-refractivity contribution < 1.29 is 4.79 Å². The molecule has 0 N–H and O–H groups in total. The standard InChI is InChI=1S/C13H15ClN2O/c1-9-4-5-11(12(14)6-9)13(17)16(3)8-10(2)7-15/h4-6,10H,8H2,1-3H3. The van der Waals surface area contributed by atoms with Gasteiger partial charge in [-0.2, -0.15) is 5.26 Å². The maximum Gasteiger partial charge on any atom is 0.255 e. The summed E-state index contributed by atoms with van der Waals surface area (Å²) in [4.78, 5) is 13.6. The number of carbonyl (C=O) groups is 1. The molecule has 0 fully saturated rings. The van der Waals surface area contributed by atoms with Gasteiger partial charge in [-0.3, -0.25) is 4.79 Å². The summed E-state index contributed by atoms with van der Waals surface area (Å²) in [5.41, 5.74) is 1.49. The van der Waals surface area contributed by atoms with E-state index in [9.17, 15) is 4.79 Å². The second-order valence-electron chi connectivity index (χ2n) is 4.20. The van der Waals surface area contributed by atoms with Gasteiger partial charge in [0.2, 0.25) is 0 Å². The quantitative estimate of drug-likeness (QED) is 0.828. The van der Waals surface area contributed by atoms with Crippen LogP contribution in [-0.2, 0) is 0 Å². The van der Waals surface area contributed by atoms with Gasteiger partial charge in [-0.25, -0.2) is 0 Å². The first-order chi connectivity index (χ1) is 7.95. The first-order valence-corrected chi connectivity index (χ1v) is 5.74. The molecule has 0 aromatic heterocycles. The van der Waals surface area contributed by atoms with Crippen molar-refractivity contribution in [2.24, 2.45) is 5.92 Å². The molecule has 1 aromatic rings. The zero-order chi connectivity index (χ0) is 13.0. The third-order valence-electron chi connectivity index (χ3n) is 2.47. The molecule has 0 radical (unpaired) electrons. The lowest BCUT2D eigenvalue weighted by atomic mass is 10.1. The van der Waals surface area contributed by atoms with Crippen molar-refractivity contribution in [3.05, 3.63) is 34.3 Å². The fourth-order valence-electron chi connectivity index (χ4n) is 1.53. The number of hydrogen-bond acceptors (Lipinski definition) is 2. The van der Waals surface area contributed by atoms with Gasteiger partial charge in [0.15, 0.2) is 0 Å². The molecule has 4 heteroatoms. The molecule has 1 aromatic carbocycles. The van der Waals surface area contributed by atoms with Crippen LogP contribution < -0.4 is 0 Å². The average molecular weight is 251 g/mol. The number of hydrogen-bond donors (Lipinski definition) is 0. The van der Waals surface area contributed by atoms with Crippen LogP contribution in [0.15, 0.2) is 18.2 Å². The Morgan fingerprint density at radius 3 is 2.76 bits per heavy atom. The Hall–Kier alpha value is -1.53. The zero-order valence-electron chi connectivity index (χ0n) is 10.2. The van der Waals surface area contributed by atoms with Gasteiger partial charge in [0.05, 0.1) is 22.6 Å². The summed E-state index contributed by atoms with van der Waals surface area (Å²) in [6, 6.07) is 7.42. The summed E-state index contributed by atoms with van der Waals surface area (Å²) >= 11 is 6.03. The van der Waals surface area contributed by atoms with Crippen molar-refractivity contribution in [3.8, 4) is 6.07 Å². The predicted octanol–water partition coefficient (Wildman–Crippen LogP) is 2.88. The van der Waals surface area contributed by atoms with Crippen LogP contribution in [-0.4, -0.2) is 24.4 Å². The summed E-state index contributed by atoms with van der Waals surface area (Å²) in [6.45, 7) is 4.10. The van der Waals surface area contributed by atoms with Crippen molar-refractivity contribution in [1.29, 1.82) is 5.26 Å². The number of rotatable bonds is 3. The molecule has 1 amide bonds. The lowest BCUT2D eigenvalue weighted by Crippen LogP contribution is -2.30. The average Bonchev–Trinajstić information content (AvgIpc) is 2.28. The predicted molar refractivity (Wildman–Crippen MR) is 67.9 cm³/mol. The number of aryl methyl sites for hydroxylation is 1. The van der Waals surface area contributed by atoms with Gasteiger partial charge < -0.3 is 4.90 Å². The maximum atomic E-state index is 12.1.